The van der Waals surface area contributed by atoms with Crippen LogP contribution in [0.5, 0.6) is 5.88 Å². The van der Waals surface area contributed by atoms with Crippen LogP contribution in [-0.2, 0) is 0 Å². The summed E-state index contributed by atoms with van der Waals surface area (Å²) in [4.78, 5) is 4.14. The molecule has 0 fully saturated rings. The minimum atomic E-state index is 0.568. The normalized spacial score (nSPS) is 9.50. The van der Waals surface area contributed by atoms with Gasteiger partial charge >= 0.3 is 0 Å². The van der Waals surface area contributed by atoms with E-state index in [2.05, 4.69) is 10.3 Å². The largest absolute Gasteiger partial charge is 0.481 e. The van der Waals surface area contributed by atoms with Crippen LogP contribution in [0.3, 0.4) is 0 Å². The minimum Gasteiger partial charge on any atom is -0.481 e. The molecule has 0 bridgehead atoms. The Morgan fingerprint density at radius 3 is 3.08 bits per heavy atom. The molecule has 1 aromatic heterocycles. The highest BCUT2D eigenvalue weighted by Crippen LogP contribution is 2.09. The molecule has 0 amide bonds. The summed E-state index contributed by atoms with van der Waals surface area (Å²) in [5.74, 6) is 1.96. The molecule has 12 heavy (non-hydrogen) atoms. The SMILES string of the molecule is COc1cccc(NCCCl)n1. The van der Waals surface area contributed by atoms with E-state index in [1.54, 1.807) is 13.2 Å². The molecule has 0 saturated heterocycles. The van der Waals surface area contributed by atoms with Crippen LogP contribution in [-0.4, -0.2) is 24.5 Å². The van der Waals surface area contributed by atoms with Crippen LogP contribution >= 0.6 is 11.6 Å². The Kier molecular flexibility index (Phi) is 3.67. The molecule has 0 aliphatic heterocycles. The number of aromatic nitrogens is 1. The van der Waals surface area contributed by atoms with Gasteiger partial charge in [0.2, 0.25) is 5.88 Å². The first kappa shape index (κ1) is 9.13. The molecule has 1 aromatic rings. The van der Waals surface area contributed by atoms with E-state index in [9.17, 15) is 0 Å². The number of rotatable bonds is 4. The minimum absolute atomic E-state index is 0.568. The lowest BCUT2D eigenvalue weighted by atomic mass is 10.4. The molecule has 0 aliphatic rings. The smallest absolute Gasteiger partial charge is 0.214 e. The monoisotopic (exact) mass is 186 g/mol. The summed E-state index contributed by atoms with van der Waals surface area (Å²) in [7, 11) is 1.59. The van der Waals surface area contributed by atoms with Crippen molar-refractivity contribution in [3.63, 3.8) is 0 Å². The van der Waals surface area contributed by atoms with Gasteiger partial charge in [-0.25, -0.2) is 0 Å². The van der Waals surface area contributed by atoms with Crippen molar-refractivity contribution >= 4 is 17.4 Å². The van der Waals surface area contributed by atoms with E-state index in [1.807, 2.05) is 12.1 Å². The molecule has 0 aromatic carbocycles. The number of hydrogen-bond acceptors (Lipinski definition) is 3. The number of hydrogen-bond donors (Lipinski definition) is 1. The lowest BCUT2D eigenvalue weighted by Crippen LogP contribution is -2.04. The molecule has 4 heteroatoms. The molecule has 1 heterocycles. The quantitative estimate of drug-likeness (QED) is 0.728. The van der Waals surface area contributed by atoms with Crippen molar-refractivity contribution < 1.29 is 4.74 Å². The topological polar surface area (TPSA) is 34.1 Å². The van der Waals surface area contributed by atoms with Crippen LogP contribution in [0.1, 0.15) is 0 Å². The van der Waals surface area contributed by atoms with Gasteiger partial charge in [0.15, 0.2) is 0 Å². The third kappa shape index (κ3) is 2.58. The fraction of sp³-hybridized carbons (Fsp3) is 0.375. The number of nitrogens with zero attached hydrogens (tertiary/aromatic N) is 1. The molecule has 66 valence electrons. The average Bonchev–Trinajstić information content (AvgIpc) is 2.15. The lowest BCUT2D eigenvalue weighted by Gasteiger charge is -2.04. The number of halogens is 1. The van der Waals surface area contributed by atoms with E-state index in [-0.39, 0.29) is 0 Å². The Labute approximate surface area is 76.7 Å². The summed E-state index contributed by atoms with van der Waals surface area (Å²) in [5, 5.41) is 3.05. The molecule has 0 atom stereocenters. The molecular formula is C8H11ClN2O. The summed E-state index contributed by atoms with van der Waals surface area (Å²) in [6.45, 7) is 0.710. The molecule has 0 radical (unpaired) electrons. The highest BCUT2D eigenvalue weighted by atomic mass is 35.5. The van der Waals surface area contributed by atoms with Crippen LogP contribution in [0.2, 0.25) is 0 Å². The number of nitrogens with one attached hydrogen (secondary N) is 1. The van der Waals surface area contributed by atoms with Crippen LogP contribution in [0.15, 0.2) is 18.2 Å². The number of methoxy groups -OCH3 is 1. The second kappa shape index (κ2) is 4.83. The van der Waals surface area contributed by atoms with E-state index >= 15 is 0 Å². The summed E-state index contributed by atoms with van der Waals surface area (Å²) < 4.78 is 4.95. The van der Waals surface area contributed by atoms with E-state index in [4.69, 9.17) is 16.3 Å². The first-order chi connectivity index (χ1) is 5.86. The van der Waals surface area contributed by atoms with E-state index in [0.717, 1.165) is 5.82 Å². The molecule has 0 saturated carbocycles. The van der Waals surface area contributed by atoms with Gasteiger partial charge in [-0.15, -0.1) is 11.6 Å². The van der Waals surface area contributed by atoms with Gasteiger partial charge in [-0.05, 0) is 6.07 Å². The van der Waals surface area contributed by atoms with Gasteiger partial charge in [-0.3, -0.25) is 0 Å². The van der Waals surface area contributed by atoms with Gasteiger partial charge in [0.05, 0.1) is 7.11 Å². The predicted octanol–water partition coefficient (Wildman–Crippen LogP) is 1.74. The molecule has 0 spiro atoms. The Morgan fingerprint density at radius 2 is 2.42 bits per heavy atom. The third-order valence-corrected chi connectivity index (χ3v) is 1.52. The highest BCUT2D eigenvalue weighted by molar-refractivity contribution is 6.18. The van der Waals surface area contributed by atoms with Crippen LogP contribution in [0.4, 0.5) is 5.82 Å². The average molecular weight is 187 g/mol. The van der Waals surface area contributed by atoms with Gasteiger partial charge < -0.3 is 10.1 Å². The van der Waals surface area contributed by atoms with Crippen molar-refractivity contribution in [3.05, 3.63) is 18.2 Å². The Bertz CT molecular complexity index is 242. The Balaban J connectivity index is 2.60. The molecule has 3 nitrogen and oxygen atoms in total. The maximum atomic E-state index is 5.50. The molecular weight excluding hydrogens is 176 g/mol. The first-order valence-corrected chi connectivity index (χ1v) is 4.21. The number of pyridine rings is 1. The summed E-state index contributed by atoms with van der Waals surface area (Å²) in [5.41, 5.74) is 0. The highest BCUT2D eigenvalue weighted by Gasteiger charge is 1.94. The van der Waals surface area contributed by atoms with Gasteiger partial charge in [0, 0.05) is 18.5 Å². The van der Waals surface area contributed by atoms with Crippen molar-refractivity contribution in [1.82, 2.24) is 4.98 Å². The van der Waals surface area contributed by atoms with E-state index in [0.29, 0.717) is 18.3 Å². The van der Waals surface area contributed by atoms with Crippen molar-refractivity contribution in [2.45, 2.75) is 0 Å². The predicted molar refractivity (Wildman–Crippen MR) is 50.0 cm³/mol. The Morgan fingerprint density at radius 1 is 1.58 bits per heavy atom. The maximum Gasteiger partial charge on any atom is 0.214 e. The zero-order chi connectivity index (χ0) is 8.81. The maximum absolute atomic E-state index is 5.50. The van der Waals surface area contributed by atoms with Crippen LogP contribution in [0, 0.1) is 0 Å². The van der Waals surface area contributed by atoms with Crippen molar-refractivity contribution in [3.8, 4) is 5.88 Å². The second-order valence-corrected chi connectivity index (χ2v) is 2.56. The number of anilines is 1. The lowest BCUT2D eigenvalue weighted by molar-refractivity contribution is 0.398. The zero-order valence-corrected chi connectivity index (χ0v) is 7.64. The summed E-state index contributed by atoms with van der Waals surface area (Å²) in [6, 6.07) is 5.54. The fourth-order valence-corrected chi connectivity index (χ4v) is 0.897. The molecule has 1 N–H and O–H groups in total. The van der Waals surface area contributed by atoms with Crippen molar-refractivity contribution in [2.75, 3.05) is 24.9 Å². The first-order valence-electron chi connectivity index (χ1n) is 3.67. The van der Waals surface area contributed by atoms with Crippen LogP contribution < -0.4 is 10.1 Å². The number of alkyl halides is 1. The third-order valence-electron chi connectivity index (χ3n) is 1.33. The Hall–Kier alpha value is -0.960. The van der Waals surface area contributed by atoms with Crippen molar-refractivity contribution in [2.24, 2.45) is 0 Å². The molecule has 0 aliphatic carbocycles. The van der Waals surface area contributed by atoms with Crippen LogP contribution in [0.25, 0.3) is 0 Å². The van der Waals surface area contributed by atoms with Gasteiger partial charge in [-0.1, -0.05) is 6.07 Å². The second-order valence-electron chi connectivity index (χ2n) is 2.18. The summed E-state index contributed by atoms with van der Waals surface area (Å²) in [6.07, 6.45) is 0. The number of ether oxygens (including phenoxy) is 1. The molecule has 1 rings (SSSR count). The van der Waals surface area contributed by atoms with Gasteiger partial charge in [0.25, 0.3) is 0 Å². The van der Waals surface area contributed by atoms with Gasteiger partial charge in [-0.2, -0.15) is 4.98 Å². The molecule has 0 unspecified atom stereocenters. The van der Waals surface area contributed by atoms with Crippen molar-refractivity contribution in [1.29, 1.82) is 0 Å². The zero-order valence-electron chi connectivity index (χ0n) is 6.88. The summed E-state index contributed by atoms with van der Waals surface area (Å²) >= 11 is 5.50. The van der Waals surface area contributed by atoms with E-state index < -0.39 is 0 Å². The van der Waals surface area contributed by atoms with E-state index in [1.165, 1.54) is 0 Å². The van der Waals surface area contributed by atoms with Gasteiger partial charge in [0.1, 0.15) is 5.82 Å². The fourth-order valence-electron chi connectivity index (χ4n) is 0.802. The standard InChI is InChI=1S/C8H11ClN2O/c1-12-8-4-2-3-7(11-8)10-6-5-9/h2-4H,5-6H2,1H3,(H,10,11).